The van der Waals surface area contributed by atoms with Crippen molar-refractivity contribution in [3.63, 3.8) is 0 Å². The Morgan fingerprint density at radius 1 is 1.50 bits per heavy atom. The van der Waals surface area contributed by atoms with Gasteiger partial charge in [-0.15, -0.1) is 6.58 Å². The minimum atomic E-state index is 1.05. The van der Waals surface area contributed by atoms with Crippen molar-refractivity contribution in [3.05, 3.63) is 52.1 Å². The van der Waals surface area contributed by atoms with Crippen LogP contribution in [0.25, 0.3) is 5.57 Å². The molecule has 0 saturated carbocycles. The highest BCUT2D eigenvalue weighted by Crippen LogP contribution is 2.21. The van der Waals surface area contributed by atoms with Gasteiger partial charge in [-0.2, -0.15) is 0 Å². The summed E-state index contributed by atoms with van der Waals surface area (Å²) in [6.45, 7) is 5.84. The minimum absolute atomic E-state index is 1.05. The molecule has 0 nitrogen and oxygen atoms in total. The lowest BCUT2D eigenvalue weighted by Gasteiger charge is -2.06. The molecule has 0 heterocycles. The zero-order valence-electron chi connectivity index (χ0n) is 8.46. The van der Waals surface area contributed by atoms with E-state index in [0.29, 0.717) is 0 Å². The molecular formula is C13H15I. The van der Waals surface area contributed by atoms with Crippen molar-refractivity contribution in [1.82, 2.24) is 0 Å². The standard InChI is InChI=1S/C13H15I/c1-3-5-7-11(4-2)12-8-6-9-13(14)10-12/h3-4,6,8-10H,1,5,7H2,2H3/b11-4+. The SMILES string of the molecule is C=CCC/C(=C\C)c1cccc(I)c1. The Balaban J connectivity index is 2.84. The summed E-state index contributed by atoms with van der Waals surface area (Å²) >= 11 is 2.35. The average Bonchev–Trinajstić information content (AvgIpc) is 2.19. The first kappa shape index (κ1) is 11.5. The first-order chi connectivity index (χ1) is 6.77. The molecule has 0 bridgehead atoms. The highest BCUT2D eigenvalue weighted by Gasteiger charge is 1.99. The molecule has 0 saturated heterocycles. The number of hydrogen-bond acceptors (Lipinski definition) is 0. The Kier molecular flexibility index (Phi) is 4.94. The molecule has 0 aliphatic carbocycles. The summed E-state index contributed by atoms with van der Waals surface area (Å²) in [5.74, 6) is 0. The Morgan fingerprint density at radius 2 is 2.29 bits per heavy atom. The zero-order chi connectivity index (χ0) is 10.4. The molecule has 0 fully saturated rings. The van der Waals surface area contributed by atoms with Crippen LogP contribution >= 0.6 is 22.6 Å². The fraction of sp³-hybridized carbons (Fsp3) is 0.231. The third kappa shape index (κ3) is 3.29. The van der Waals surface area contributed by atoms with Crippen LogP contribution in [0.4, 0.5) is 0 Å². The van der Waals surface area contributed by atoms with Gasteiger partial charge >= 0.3 is 0 Å². The normalized spacial score (nSPS) is 11.4. The molecule has 0 atom stereocenters. The van der Waals surface area contributed by atoms with Crippen LogP contribution in [-0.4, -0.2) is 0 Å². The molecule has 0 aliphatic heterocycles. The van der Waals surface area contributed by atoms with Gasteiger partial charge in [0.05, 0.1) is 0 Å². The first-order valence-corrected chi connectivity index (χ1v) is 5.88. The van der Waals surface area contributed by atoms with Crippen molar-refractivity contribution >= 4 is 28.2 Å². The number of allylic oxidation sites excluding steroid dienone is 3. The maximum Gasteiger partial charge on any atom is 0.0136 e. The Bertz CT molecular complexity index is 337. The van der Waals surface area contributed by atoms with E-state index in [0.717, 1.165) is 12.8 Å². The molecular weight excluding hydrogens is 283 g/mol. The second kappa shape index (κ2) is 6.02. The molecule has 0 aliphatic rings. The summed E-state index contributed by atoms with van der Waals surface area (Å²) in [5.41, 5.74) is 2.74. The Labute approximate surface area is 99.9 Å². The van der Waals surface area contributed by atoms with E-state index in [9.17, 15) is 0 Å². The second-order valence-electron chi connectivity index (χ2n) is 3.15. The largest absolute Gasteiger partial charge is 0.103 e. The van der Waals surface area contributed by atoms with Crippen molar-refractivity contribution in [2.75, 3.05) is 0 Å². The van der Waals surface area contributed by atoms with Crippen LogP contribution in [0.3, 0.4) is 0 Å². The molecule has 0 radical (unpaired) electrons. The topological polar surface area (TPSA) is 0 Å². The monoisotopic (exact) mass is 298 g/mol. The minimum Gasteiger partial charge on any atom is -0.103 e. The van der Waals surface area contributed by atoms with Crippen LogP contribution in [0.1, 0.15) is 25.3 Å². The molecule has 0 N–H and O–H groups in total. The van der Waals surface area contributed by atoms with Crippen molar-refractivity contribution in [2.24, 2.45) is 0 Å². The van der Waals surface area contributed by atoms with Gasteiger partial charge in [-0.3, -0.25) is 0 Å². The molecule has 1 heteroatoms. The third-order valence-electron chi connectivity index (χ3n) is 2.16. The predicted octanol–water partition coefficient (Wildman–Crippen LogP) is 4.66. The number of rotatable bonds is 4. The summed E-state index contributed by atoms with van der Waals surface area (Å²) in [5, 5.41) is 0. The second-order valence-corrected chi connectivity index (χ2v) is 4.40. The third-order valence-corrected chi connectivity index (χ3v) is 2.83. The van der Waals surface area contributed by atoms with Crippen LogP contribution in [0.2, 0.25) is 0 Å². The van der Waals surface area contributed by atoms with E-state index in [4.69, 9.17) is 0 Å². The van der Waals surface area contributed by atoms with Gasteiger partial charge in [-0.1, -0.05) is 24.3 Å². The predicted molar refractivity (Wildman–Crippen MR) is 72.2 cm³/mol. The van der Waals surface area contributed by atoms with Crippen molar-refractivity contribution in [1.29, 1.82) is 0 Å². The molecule has 14 heavy (non-hydrogen) atoms. The van der Waals surface area contributed by atoms with E-state index in [1.165, 1.54) is 14.7 Å². The summed E-state index contributed by atoms with van der Waals surface area (Å²) < 4.78 is 1.29. The molecule has 74 valence electrons. The summed E-state index contributed by atoms with van der Waals surface area (Å²) in [7, 11) is 0. The highest BCUT2D eigenvalue weighted by atomic mass is 127. The van der Waals surface area contributed by atoms with Gasteiger partial charge < -0.3 is 0 Å². The van der Waals surface area contributed by atoms with Gasteiger partial charge in [0.25, 0.3) is 0 Å². The molecule has 1 aromatic carbocycles. The fourth-order valence-corrected chi connectivity index (χ4v) is 1.94. The maximum atomic E-state index is 3.75. The van der Waals surface area contributed by atoms with Crippen LogP contribution < -0.4 is 0 Å². The van der Waals surface area contributed by atoms with Gasteiger partial charge in [0.2, 0.25) is 0 Å². The van der Waals surface area contributed by atoms with Gasteiger partial charge in [-0.25, -0.2) is 0 Å². The molecule has 0 aromatic heterocycles. The van der Waals surface area contributed by atoms with Crippen LogP contribution in [0.15, 0.2) is 43.0 Å². The lowest BCUT2D eigenvalue weighted by molar-refractivity contribution is 1.07. The van der Waals surface area contributed by atoms with E-state index >= 15 is 0 Å². The number of hydrogen-bond donors (Lipinski definition) is 0. The van der Waals surface area contributed by atoms with Crippen molar-refractivity contribution in [2.45, 2.75) is 19.8 Å². The summed E-state index contributed by atoms with van der Waals surface area (Å²) in [6.07, 6.45) is 6.29. The molecule has 1 aromatic rings. The zero-order valence-corrected chi connectivity index (χ0v) is 10.6. The van der Waals surface area contributed by atoms with Crippen LogP contribution in [0, 0.1) is 3.57 Å². The van der Waals surface area contributed by atoms with Gasteiger partial charge in [0.1, 0.15) is 0 Å². The summed E-state index contributed by atoms with van der Waals surface area (Å²) in [6, 6.07) is 8.61. The smallest absolute Gasteiger partial charge is 0.0136 e. The van der Waals surface area contributed by atoms with Crippen molar-refractivity contribution in [3.8, 4) is 0 Å². The van der Waals surface area contributed by atoms with E-state index < -0.39 is 0 Å². The molecule has 0 spiro atoms. The molecule has 0 unspecified atom stereocenters. The quantitative estimate of drug-likeness (QED) is 0.560. The molecule has 1 rings (SSSR count). The maximum absolute atomic E-state index is 3.75. The Morgan fingerprint density at radius 3 is 2.86 bits per heavy atom. The van der Waals surface area contributed by atoms with Crippen LogP contribution in [0.5, 0.6) is 0 Å². The summed E-state index contributed by atoms with van der Waals surface area (Å²) in [4.78, 5) is 0. The Hall–Kier alpha value is -0.570. The average molecular weight is 298 g/mol. The lowest BCUT2D eigenvalue weighted by Crippen LogP contribution is -1.85. The van der Waals surface area contributed by atoms with Gasteiger partial charge in [-0.05, 0) is 65.6 Å². The van der Waals surface area contributed by atoms with Crippen LogP contribution in [-0.2, 0) is 0 Å². The number of halogens is 1. The van der Waals surface area contributed by atoms with Gasteiger partial charge in [0.15, 0.2) is 0 Å². The number of benzene rings is 1. The first-order valence-electron chi connectivity index (χ1n) is 4.80. The van der Waals surface area contributed by atoms with E-state index in [1.807, 2.05) is 6.08 Å². The van der Waals surface area contributed by atoms with E-state index in [-0.39, 0.29) is 0 Å². The highest BCUT2D eigenvalue weighted by molar-refractivity contribution is 14.1. The van der Waals surface area contributed by atoms with Crippen molar-refractivity contribution < 1.29 is 0 Å². The van der Waals surface area contributed by atoms with Gasteiger partial charge in [0, 0.05) is 3.57 Å². The van der Waals surface area contributed by atoms with E-state index in [2.05, 4.69) is 66.4 Å². The lowest BCUT2D eigenvalue weighted by atomic mass is 10.0. The molecule has 0 amide bonds. The van der Waals surface area contributed by atoms with E-state index in [1.54, 1.807) is 0 Å². The fourth-order valence-electron chi connectivity index (χ4n) is 1.40.